The van der Waals surface area contributed by atoms with Gasteiger partial charge in [0.1, 0.15) is 91.9 Å². The van der Waals surface area contributed by atoms with Crippen LogP contribution >= 0.6 is 0 Å². The Balaban J connectivity index is 3.41. The lowest BCUT2D eigenvalue weighted by molar-refractivity contribution is -0.155. The first kappa shape index (κ1) is 122. The Morgan fingerprint density at radius 2 is 0.696 bits per heavy atom. The molecule has 0 saturated carbocycles. The molecule has 0 aromatic heterocycles. The predicted octanol–water partition coefficient (Wildman–Crippen LogP) is -5.76. The van der Waals surface area contributed by atoms with Crippen molar-refractivity contribution in [3.8, 4) is 0 Å². The molecule has 54 heteroatoms. The summed E-state index contributed by atoms with van der Waals surface area (Å²) in [6.07, 6.45) is -11.3. The van der Waals surface area contributed by atoms with Crippen molar-refractivity contribution in [2.75, 3.05) is 92.1 Å². The summed E-state index contributed by atoms with van der Waals surface area (Å²) in [5, 5.41) is 122. The first-order chi connectivity index (χ1) is 64.7. The van der Waals surface area contributed by atoms with Gasteiger partial charge in [0.2, 0.25) is 76.8 Å². The summed E-state index contributed by atoms with van der Waals surface area (Å²) in [5.41, 5.74) is -1.26. The number of carbonyl (C=O) groups excluding carboxylic acids is 16. The van der Waals surface area contributed by atoms with E-state index >= 15 is 0 Å². The summed E-state index contributed by atoms with van der Waals surface area (Å²) in [5.74, 6) is -23.4. The minimum Gasteiger partial charge on any atom is -0.481 e. The van der Waals surface area contributed by atoms with E-state index in [9.17, 15) is 136 Å². The number of ether oxygens (including phenoxy) is 6. The lowest BCUT2D eigenvalue weighted by atomic mass is 10.0. The average Bonchev–Trinajstić information content (AvgIpc) is 0.857. The van der Waals surface area contributed by atoms with E-state index in [0.29, 0.717) is 5.56 Å². The number of unbranched alkanes of at least 4 members (excludes halogenated alkanes) is 1. The summed E-state index contributed by atoms with van der Waals surface area (Å²) < 4.78 is 32.1. The standard InChI is InChI=1S/C84H132N16O38/c1-47(2)40-57(98-76(122)58(41-48-14-10-9-11-15-48)95-63(105)43-90-82(132)138-84(6,7)8)73(119)88-42-62(104)85-31-13-12-16-49(71(117)87-33-35-134-37-39-136-46-65(107)92-52(75(121)97-56(80(129)130)23-30-69(114)115)19-26-61(103)94-54(78(125)126)21-28-67(110)111)99-81(131)100-50(72(118)89-44-70(116)137-83(3,4)5)17-24-59(101)86-32-34-133-36-38-135-45-64(106)91-51(74(120)96-55(79(127)128)22-29-68(112)113)18-25-60(102)93-53(77(123)124)20-27-66(108)109/h9-11,14-15,47,49-58,77,123-124H,12-13,16-46H2,1-8H3,(H,85,104)(H,86,101)(H,87,117)(H,88,119)(H,89,118)(H,90,132)(H,91,106)(H,92,107)(H,93,102)(H,94,103)(H,95,105)(H,96,120)(H,97,121)(H,98,122)(H,108,109)(H,110,111)(H,112,113)(H,114,115)(H,125,126)(H,127,128)(H,129,130)(H2,99,100,131). The number of carboxylic acid groups (broad SMARTS) is 7. The molecular formula is C84H132N16O38. The van der Waals surface area contributed by atoms with Gasteiger partial charge in [0.05, 0.1) is 52.2 Å². The normalized spacial score (nSPS) is 13.3. The first-order valence-corrected chi connectivity index (χ1v) is 44.0. The molecule has 0 fully saturated rings. The van der Waals surface area contributed by atoms with Crippen molar-refractivity contribution in [3.05, 3.63) is 35.9 Å². The molecule has 0 aliphatic carbocycles. The fraction of sp³-hybridized carbons (Fsp3) is 0.655. The maximum absolute atomic E-state index is 14.0. The van der Waals surface area contributed by atoms with Crippen molar-refractivity contribution in [2.24, 2.45) is 5.92 Å². The monoisotopic (exact) mass is 1970 g/mol. The number of benzene rings is 1. The molecule has 1 aromatic rings. The molecule has 25 N–H and O–H groups in total. The quantitative estimate of drug-likeness (QED) is 0.0164. The van der Waals surface area contributed by atoms with Crippen LogP contribution in [0.15, 0.2) is 30.3 Å². The summed E-state index contributed by atoms with van der Waals surface area (Å²) in [6.45, 7) is 7.38. The highest BCUT2D eigenvalue weighted by molar-refractivity contribution is 5.97. The minimum absolute atomic E-state index is 0.0344. The van der Waals surface area contributed by atoms with Gasteiger partial charge in [0.25, 0.3) is 0 Å². The number of aliphatic carboxylic acids is 7. The number of carboxylic acids is 7. The maximum atomic E-state index is 14.0. The van der Waals surface area contributed by atoms with Crippen molar-refractivity contribution in [1.82, 2.24) is 85.1 Å². The van der Waals surface area contributed by atoms with E-state index in [4.69, 9.17) is 48.8 Å². The van der Waals surface area contributed by atoms with E-state index in [2.05, 4.69) is 85.1 Å². The van der Waals surface area contributed by atoms with Crippen molar-refractivity contribution in [3.63, 3.8) is 0 Å². The molecule has 0 spiro atoms. The van der Waals surface area contributed by atoms with E-state index in [1.807, 2.05) is 0 Å². The van der Waals surface area contributed by atoms with Crippen LogP contribution in [-0.4, -0.2) is 353 Å². The smallest absolute Gasteiger partial charge is 0.408 e. The van der Waals surface area contributed by atoms with Crippen LogP contribution in [0.1, 0.15) is 177 Å². The van der Waals surface area contributed by atoms with Crippen molar-refractivity contribution < 1.29 is 185 Å². The number of carbonyl (C=O) groups is 23. The highest BCUT2D eigenvalue weighted by Crippen LogP contribution is 2.15. The van der Waals surface area contributed by atoms with Crippen LogP contribution in [0.2, 0.25) is 0 Å². The van der Waals surface area contributed by atoms with Gasteiger partial charge in [-0.1, -0.05) is 44.2 Å². The lowest BCUT2D eigenvalue weighted by Gasteiger charge is -2.24. The molecule has 0 aliphatic rings. The maximum Gasteiger partial charge on any atom is 0.408 e. The summed E-state index contributed by atoms with van der Waals surface area (Å²) in [6, 6.07) is -8.29. The molecule has 1 rings (SSSR count). The number of hydrogen-bond donors (Lipinski definition) is 25. The van der Waals surface area contributed by atoms with Crippen molar-refractivity contribution in [1.29, 1.82) is 0 Å². The molecule has 138 heavy (non-hydrogen) atoms. The lowest BCUT2D eigenvalue weighted by Crippen LogP contribution is -2.56. The van der Waals surface area contributed by atoms with Gasteiger partial charge >= 0.3 is 59.9 Å². The third-order valence-corrected chi connectivity index (χ3v) is 18.6. The Kier molecular flexibility index (Phi) is 59.2. The largest absolute Gasteiger partial charge is 0.481 e. The SMILES string of the molecule is CC(C)CC(NC(=O)C(Cc1ccccc1)NC(=O)CNC(=O)OC(C)(C)C)C(=O)NCC(=O)NCCCCC(NC(=O)NC(CCC(=O)NCCOCCOCC(=O)NC(CCC(=O)NC(CCC(=O)O)C(O)O)C(=O)NC(CCC(=O)O)C(=O)O)C(=O)NCC(=O)OC(C)(C)C)C(=O)NCCOCCOCC(=O)NC(CCC(=O)NC(CCC(=O)O)C(=O)O)C(=O)NC(CCC(=O)O)C(=O)O. The highest BCUT2D eigenvalue weighted by atomic mass is 16.6. The van der Waals surface area contributed by atoms with Gasteiger partial charge in [-0.05, 0) is 124 Å². The predicted molar refractivity (Wildman–Crippen MR) is 473 cm³/mol. The van der Waals surface area contributed by atoms with Crippen LogP contribution in [0, 0.1) is 5.92 Å². The van der Waals surface area contributed by atoms with Gasteiger partial charge in [-0.3, -0.25) is 86.3 Å². The molecule has 16 amide bonds. The second kappa shape index (κ2) is 66.8. The number of alkyl carbamates (subject to hydrolysis) is 1. The van der Waals surface area contributed by atoms with Crippen LogP contribution in [0.3, 0.4) is 0 Å². The van der Waals surface area contributed by atoms with E-state index in [-0.39, 0.29) is 97.3 Å². The topological polar surface area (TPSA) is 823 Å². The fourth-order valence-corrected chi connectivity index (χ4v) is 11.9. The van der Waals surface area contributed by atoms with E-state index < -0.39 is 337 Å². The molecule has 776 valence electrons. The Morgan fingerprint density at radius 3 is 1.17 bits per heavy atom. The number of hydrogen-bond acceptors (Lipinski definition) is 31. The first-order valence-electron chi connectivity index (χ1n) is 44.0. The summed E-state index contributed by atoms with van der Waals surface area (Å²) >= 11 is 0. The average molecular weight is 1970 g/mol. The Labute approximate surface area is 792 Å². The van der Waals surface area contributed by atoms with Gasteiger partial charge in [-0.25, -0.2) is 24.0 Å². The van der Waals surface area contributed by atoms with Gasteiger partial charge in [-0.15, -0.1) is 0 Å². The van der Waals surface area contributed by atoms with Crippen LogP contribution in [0.5, 0.6) is 0 Å². The van der Waals surface area contributed by atoms with Crippen LogP contribution < -0.4 is 85.1 Å². The van der Waals surface area contributed by atoms with Gasteiger partial charge in [0, 0.05) is 71.0 Å². The van der Waals surface area contributed by atoms with Crippen LogP contribution in [0.25, 0.3) is 0 Å². The van der Waals surface area contributed by atoms with Crippen molar-refractivity contribution >= 4 is 137 Å². The number of rotatable bonds is 72. The Morgan fingerprint density at radius 1 is 0.319 bits per heavy atom. The fourth-order valence-electron chi connectivity index (χ4n) is 11.9. The molecular weight excluding hydrogens is 1840 g/mol. The molecule has 0 aliphatic heterocycles. The molecule has 1 aromatic carbocycles. The second-order valence-electron chi connectivity index (χ2n) is 33.3. The highest BCUT2D eigenvalue weighted by Gasteiger charge is 2.35. The minimum atomic E-state index is -2.20. The number of esters is 1. The third kappa shape index (κ3) is 60.7. The zero-order valence-corrected chi connectivity index (χ0v) is 78.0. The van der Waals surface area contributed by atoms with E-state index in [1.54, 1.807) is 85.7 Å². The van der Waals surface area contributed by atoms with Gasteiger partial charge in [0.15, 0.2) is 6.29 Å². The van der Waals surface area contributed by atoms with Gasteiger partial charge in [-0.2, -0.15) is 0 Å². The molecule has 0 heterocycles. The number of nitrogens with one attached hydrogen (secondary N) is 16. The number of amides is 16. The number of aliphatic hydroxyl groups is 2. The molecule has 0 bridgehead atoms. The van der Waals surface area contributed by atoms with E-state index in [1.165, 1.54) is 0 Å². The summed E-state index contributed by atoms with van der Waals surface area (Å²) in [7, 11) is 0. The Hall–Kier alpha value is -13.6. The molecule has 0 saturated heterocycles. The molecule has 0 radical (unpaired) electrons. The Bertz CT molecular complexity index is 4200. The zero-order chi connectivity index (χ0) is 104. The van der Waals surface area contributed by atoms with Crippen LogP contribution in [-0.2, 0) is 136 Å². The summed E-state index contributed by atoms with van der Waals surface area (Å²) in [4.78, 5) is 293. The van der Waals surface area contributed by atoms with E-state index in [0.717, 1.165) is 0 Å². The molecule has 10 atom stereocenters. The second-order valence-corrected chi connectivity index (χ2v) is 33.3. The van der Waals surface area contributed by atoms with Crippen molar-refractivity contribution in [2.45, 2.75) is 255 Å². The number of urea groups is 1. The van der Waals surface area contributed by atoms with Gasteiger partial charge < -0.3 is 159 Å². The molecule has 10 unspecified atom stereocenters. The van der Waals surface area contributed by atoms with Crippen LogP contribution in [0.4, 0.5) is 9.59 Å². The zero-order valence-electron chi connectivity index (χ0n) is 78.0. The third-order valence-electron chi connectivity index (χ3n) is 18.6. The number of aliphatic hydroxyl groups excluding tert-OH is 1. The molecule has 54 nitrogen and oxygen atoms in total.